The van der Waals surface area contributed by atoms with Gasteiger partial charge in [0.15, 0.2) is 5.76 Å². The molecule has 0 saturated carbocycles. The number of ether oxygens (including phenoxy) is 1. The molecular weight excluding hydrogens is 443 g/mol. The van der Waals surface area contributed by atoms with E-state index in [0.717, 1.165) is 10.2 Å². The lowest BCUT2D eigenvalue weighted by atomic mass is 10.2. The molecule has 0 bridgehead atoms. The molecule has 154 valence electrons. The van der Waals surface area contributed by atoms with Gasteiger partial charge in [0.2, 0.25) is 5.69 Å². The second-order valence-corrected chi connectivity index (χ2v) is 6.99. The van der Waals surface area contributed by atoms with Crippen LogP contribution in [0.3, 0.4) is 0 Å². The summed E-state index contributed by atoms with van der Waals surface area (Å²) in [5.74, 6) is 0.338. The zero-order valence-corrected chi connectivity index (χ0v) is 17.4. The summed E-state index contributed by atoms with van der Waals surface area (Å²) in [5.41, 5.74) is -0.870. The van der Waals surface area contributed by atoms with Gasteiger partial charge >= 0.3 is 5.69 Å². The van der Waals surface area contributed by atoms with E-state index in [1.807, 2.05) is 4.98 Å². The normalized spacial score (nSPS) is 12.1. The maximum atomic E-state index is 12.0. The van der Waals surface area contributed by atoms with Crippen molar-refractivity contribution in [2.75, 3.05) is 0 Å². The molecule has 2 N–H and O–H groups in total. The van der Waals surface area contributed by atoms with Gasteiger partial charge in [0.05, 0.1) is 15.6 Å². The summed E-state index contributed by atoms with van der Waals surface area (Å²) in [6.45, 7) is 5.11. The van der Waals surface area contributed by atoms with Crippen LogP contribution in [0.15, 0.2) is 62.5 Å². The number of nitrogens with zero attached hydrogens (tertiary/aromatic N) is 4. The van der Waals surface area contributed by atoms with E-state index in [1.165, 1.54) is 13.0 Å². The molecule has 2 aromatic heterocycles. The van der Waals surface area contributed by atoms with Crippen molar-refractivity contribution in [2.24, 2.45) is 0 Å². The molecule has 0 spiro atoms. The zero-order chi connectivity index (χ0) is 22.7. The van der Waals surface area contributed by atoms with E-state index in [2.05, 4.69) is 22.7 Å². The summed E-state index contributed by atoms with van der Waals surface area (Å²) in [5, 5.41) is 22.4. The second-order valence-electron chi connectivity index (χ2n) is 6.12. The lowest BCUT2D eigenvalue weighted by molar-refractivity contribution is 0.441. The van der Waals surface area contributed by atoms with Gasteiger partial charge in [-0.25, -0.2) is 4.79 Å². The van der Waals surface area contributed by atoms with Gasteiger partial charge in [-0.1, -0.05) is 29.8 Å². The number of nitrogens with one attached hydrogen (secondary N) is 2. The molecule has 0 aliphatic carbocycles. The molecule has 0 saturated heterocycles. The molecule has 3 rings (SSSR count). The third-order valence-electron chi connectivity index (χ3n) is 4.06. The molecule has 0 amide bonds. The summed E-state index contributed by atoms with van der Waals surface area (Å²) < 4.78 is 6.58. The molecular formula is C20H12Cl2N6O3. The van der Waals surface area contributed by atoms with Crippen LogP contribution in [0.1, 0.15) is 18.2 Å². The number of halogens is 2. The van der Waals surface area contributed by atoms with Crippen LogP contribution in [0, 0.1) is 22.7 Å². The first-order chi connectivity index (χ1) is 14.7. The molecule has 2 heterocycles. The molecule has 0 atom stereocenters. The van der Waals surface area contributed by atoms with E-state index >= 15 is 0 Å². The minimum atomic E-state index is -0.895. The number of allylic oxidation sites excluding steroid dienone is 4. The summed E-state index contributed by atoms with van der Waals surface area (Å²) >= 11 is 12.4. The van der Waals surface area contributed by atoms with Crippen LogP contribution in [-0.2, 0) is 0 Å². The highest BCUT2D eigenvalue weighted by molar-refractivity contribution is 6.36. The lowest BCUT2D eigenvalue weighted by Crippen LogP contribution is -2.33. The smallest absolute Gasteiger partial charge is 0.349 e. The molecule has 0 radical (unpaired) electrons. The van der Waals surface area contributed by atoms with Gasteiger partial charge in [0.25, 0.3) is 5.56 Å². The number of aromatic amines is 2. The maximum absolute atomic E-state index is 12.0. The summed E-state index contributed by atoms with van der Waals surface area (Å²) in [6, 6.07) is 8.68. The van der Waals surface area contributed by atoms with E-state index in [1.54, 1.807) is 30.5 Å². The van der Waals surface area contributed by atoms with Crippen molar-refractivity contribution in [2.45, 2.75) is 6.92 Å². The predicted molar refractivity (Wildman–Crippen MR) is 115 cm³/mol. The molecule has 0 unspecified atom stereocenters. The molecule has 3 aromatic rings. The lowest BCUT2D eigenvalue weighted by Gasteiger charge is -2.11. The van der Waals surface area contributed by atoms with Crippen molar-refractivity contribution in [1.29, 1.82) is 10.5 Å². The quantitative estimate of drug-likeness (QED) is 0.447. The van der Waals surface area contributed by atoms with Crippen LogP contribution in [0.4, 0.5) is 0 Å². The number of hydrogen-bond acceptors (Lipinski definition) is 6. The Kier molecular flexibility index (Phi) is 6.12. The van der Waals surface area contributed by atoms with Gasteiger partial charge in [0, 0.05) is 22.8 Å². The van der Waals surface area contributed by atoms with E-state index < -0.39 is 16.9 Å². The average Bonchev–Trinajstić information content (AvgIpc) is 3.14. The molecule has 9 nitrogen and oxygen atoms in total. The molecule has 31 heavy (non-hydrogen) atoms. The fraction of sp³-hybridized carbons (Fsp3) is 0.0500. The summed E-state index contributed by atoms with van der Waals surface area (Å²) in [7, 11) is 0. The predicted octanol–water partition coefficient (Wildman–Crippen LogP) is 3.30. The number of nitriles is 2. The standard InChI is InChI=1S/C20H12Cl2N6O3/c1-10(28-20(30)26-19(29)17(8-24)27-28)5-15(22)18(11(2)21)31-13-3-4-16-14(6-13)12(7-23)9-25-16/h3-6,9,25H,2H2,1H3,(H,26,29,30)/b10-5+,18-15-. The zero-order valence-electron chi connectivity index (χ0n) is 15.9. The van der Waals surface area contributed by atoms with Crippen molar-refractivity contribution in [1.82, 2.24) is 19.7 Å². The van der Waals surface area contributed by atoms with Gasteiger partial charge in [0.1, 0.15) is 17.9 Å². The number of H-pyrrole nitrogens is 2. The number of hydrogen-bond donors (Lipinski definition) is 2. The highest BCUT2D eigenvalue weighted by atomic mass is 35.5. The number of benzene rings is 1. The first-order valence-corrected chi connectivity index (χ1v) is 9.26. The van der Waals surface area contributed by atoms with Gasteiger partial charge in [-0.2, -0.15) is 15.2 Å². The molecule has 1 aromatic carbocycles. The molecule has 0 aliphatic rings. The Morgan fingerprint density at radius 1 is 1.29 bits per heavy atom. The fourth-order valence-corrected chi connectivity index (χ4v) is 3.13. The van der Waals surface area contributed by atoms with E-state index in [-0.39, 0.29) is 21.5 Å². The number of fused-ring (bicyclic) bond motifs is 1. The molecule has 11 heteroatoms. The van der Waals surface area contributed by atoms with Crippen molar-refractivity contribution in [3.8, 4) is 17.9 Å². The average molecular weight is 455 g/mol. The van der Waals surface area contributed by atoms with Crippen molar-refractivity contribution < 1.29 is 4.74 Å². The van der Waals surface area contributed by atoms with Crippen LogP contribution >= 0.6 is 23.2 Å². The molecule has 0 aliphatic heterocycles. The van der Waals surface area contributed by atoms with Crippen LogP contribution < -0.4 is 16.0 Å². The van der Waals surface area contributed by atoms with Gasteiger partial charge in [-0.05, 0) is 31.2 Å². The number of aromatic nitrogens is 4. The summed E-state index contributed by atoms with van der Waals surface area (Å²) in [4.78, 5) is 28.5. The van der Waals surface area contributed by atoms with Crippen LogP contribution in [0.25, 0.3) is 16.6 Å². The Hall–Kier alpha value is -4.05. The van der Waals surface area contributed by atoms with Gasteiger partial charge < -0.3 is 9.72 Å². The SMILES string of the molecule is C=C(Cl)/C(Oc1ccc2[nH]cc(C#N)c2c1)=C(Cl)\C=C(/C)n1nc(C#N)c(=O)[nH]c1=O. The number of rotatable bonds is 5. The van der Waals surface area contributed by atoms with E-state index in [9.17, 15) is 14.9 Å². The van der Waals surface area contributed by atoms with E-state index in [4.69, 9.17) is 33.2 Å². The third-order valence-corrected chi connectivity index (χ3v) is 4.51. The Morgan fingerprint density at radius 2 is 2.03 bits per heavy atom. The van der Waals surface area contributed by atoms with Crippen LogP contribution in [-0.4, -0.2) is 19.7 Å². The largest absolute Gasteiger partial charge is 0.454 e. The van der Waals surface area contributed by atoms with Crippen molar-refractivity contribution in [3.05, 3.63) is 85.0 Å². The maximum Gasteiger partial charge on any atom is 0.349 e. The minimum absolute atomic E-state index is 0.00550. The Balaban J connectivity index is 2.04. The first kappa shape index (κ1) is 21.7. The molecule has 0 fully saturated rings. The van der Waals surface area contributed by atoms with E-state index in [0.29, 0.717) is 16.7 Å². The minimum Gasteiger partial charge on any atom is -0.454 e. The summed E-state index contributed by atoms with van der Waals surface area (Å²) in [6.07, 6.45) is 2.89. The van der Waals surface area contributed by atoms with Crippen molar-refractivity contribution >= 4 is 39.8 Å². The topological polar surface area (TPSA) is 140 Å². The third kappa shape index (κ3) is 4.43. The van der Waals surface area contributed by atoms with Gasteiger partial charge in [-0.15, -0.1) is 5.10 Å². The Labute approximate surface area is 184 Å². The second kappa shape index (κ2) is 8.76. The van der Waals surface area contributed by atoms with Gasteiger partial charge in [-0.3, -0.25) is 9.78 Å². The highest BCUT2D eigenvalue weighted by Crippen LogP contribution is 2.29. The monoisotopic (exact) mass is 454 g/mol. The fourth-order valence-electron chi connectivity index (χ4n) is 2.63. The van der Waals surface area contributed by atoms with Crippen LogP contribution in [0.2, 0.25) is 0 Å². The van der Waals surface area contributed by atoms with Crippen molar-refractivity contribution in [3.63, 3.8) is 0 Å². The Bertz CT molecular complexity index is 1480. The first-order valence-electron chi connectivity index (χ1n) is 8.51. The Morgan fingerprint density at radius 3 is 2.68 bits per heavy atom. The highest BCUT2D eigenvalue weighted by Gasteiger charge is 2.13. The van der Waals surface area contributed by atoms with Crippen LogP contribution in [0.5, 0.6) is 5.75 Å².